The second-order valence-corrected chi connectivity index (χ2v) is 3.60. The lowest BCUT2D eigenvalue weighted by Gasteiger charge is -2.11. The van der Waals surface area contributed by atoms with Crippen molar-refractivity contribution in [3.05, 3.63) is 35.9 Å². The summed E-state index contributed by atoms with van der Waals surface area (Å²) in [6, 6.07) is 9.81. The molecule has 1 aliphatic rings. The van der Waals surface area contributed by atoms with Crippen LogP contribution >= 0.6 is 12.4 Å². The first-order chi connectivity index (χ1) is 6.77. The predicted octanol–water partition coefficient (Wildman–Crippen LogP) is 1.99. The van der Waals surface area contributed by atoms with E-state index in [4.69, 9.17) is 5.11 Å². The molecule has 0 bridgehead atoms. The van der Waals surface area contributed by atoms with Gasteiger partial charge in [-0.25, -0.2) is 0 Å². The summed E-state index contributed by atoms with van der Waals surface area (Å²) in [4.78, 5) is 10.7. The fraction of sp³-hybridized carbons (Fsp3) is 0.364. The molecule has 0 unspecified atom stereocenters. The molecule has 3 nitrogen and oxygen atoms in total. The number of halogens is 1. The number of rotatable bonds is 2. The molecule has 82 valence electrons. The van der Waals surface area contributed by atoms with Crippen molar-refractivity contribution in [2.24, 2.45) is 0 Å². The number of carbonyl (C=O) groups is 1. The van der Waals surface area contributed by atoms with Gasteiger partial charge in [0.05, 0.1) is 0 Å². The molecule has 1 heterocycles. The number of nitrogens with one attached hydrogen (secondary N) is 1. The lowest BCUT2D eigenvalue weighted by molar-refractivity contribution is -0.139. The Balaban J connectivity index is 0.00000112. The zero-order chi connectivity index (χ0) is 9.97. The van der Waals surface area contributed by atoms with Gasteiger partial charge in [-0.3, -0.25) is 10.1 Å². The third kappa shape index (κ3) is 2.70. The monoisotopic (exact) mass is 227 g/mol. The van der Waals surface area contributed by atoms with Crippen LogP contribution in [0.3, 0.4) is 0 Å². The summed E-state index contributed by atoms with van der Waals surface area (Å²) in [7, 11) is 0. The van der Waals surface area contributed by atoms with Crippen molar-refractivity contribution in [3.63, 3.8) is 0 Å². The first-order valence-corrected chi connectivity index (χ1v) is 4.81. The Hall–Kier alpha value is -1.06. The Morgan fingerprint density at radius 2 is 1.93 bits per heavy atom. The molecule has 2 atom stereocenters. The largest absolute Gasteiger partial charge is 0.480 e. The van der Waals surface area contributed by atoms with E-state index in [0.717, 1.165) is 12.8 Å². The summed E-state index contributed by atoms with van der Waals surface area (Å²) in [5.74, 6) is -0.747. The molecular formula is C11H14ClNO2. The van der Waals surface area contributed by atoms with E-state index < -0.39 is 5.97 Å². The molecule has 1 fully saturated rings. The van der Waals surface area contributed by atoms with Gasteiger partial charge in [0.15, 0.2) is 0 Å². The minimum Gasteiger partial charge on any atom is -0.480 e. The molecule has 0 aliphatic carbocycles. The topological polar surface area (TPSA) is 49.3 Å². The molecule has 0 amide bonds. The van der Waals surface area contributed by atoms with E-state index in [0.29, 0.717) is 0 Å². The highest BCUT2D eigenvalue weighted by Crippen LogP contribution is 2.26. The quantitative estimate of drug-likeness (QED) is 0.813. The van der Waals surface area contributed by atoms with Crippen molar-refractivity contribution in [1.29, 1.82) is 0 Å². The summed E-state index contributed by atoms with van der Waals surface area (Å²) >= 11 is 0. The molecular weight excluding hydrogens is 214 g/mol. The molecule has 0 aromatic heterocycles. The van der Waals surface area contributed by atoms with Gasteiger partial charge in [0, 0.05) is 6.04 Å². The lowest BCUT2D eigenvalue weighted by atomic mass is 10.1. The van der Waals surface area contributed by atoms with Gasteiger partial charge in [0.1, 0.15) is 6.04 Å². The Bertz CT molecular complexity index is 329. The van der Waals surface area contributed by atoms with E-state index in [-0.39, 0.29) is 24.5 Å². The number of carboxylic acid groups (broad SMARTS) is 1. The van der Waals surface area contributed by atoms with Crippen LogP contribution < -0.4 is 5.32 Å². The van der Waals surface area contributed by atoms with Crippen molar-refractivity contribution in [2.45, 2.75) is 24.9 Å². The first kappa shape index (κ1) is 12.0. The van der Waals surface area contributed by atoms with Crippen LogP contribution in [0.2, 0.25) is 0 Å². The summed E-state index contributed by atoms with van der Waals surface area (Å²) in [5.41, 5.74) is 1.18. The van der Waals surface area contributed by atoms with Crippen molar-refractivity contribution in [1.82, 2.24) is 5.32 Å². The van der Waals surface area contributed by atoms with Crippen LogP contribution in [0.5, 0.6) is 0 Å². The van der Waals surface area contributed by atoms with Gasteiger partial charge in [0.2, 0.25) is 0 Å². The van der Waals surface area contributed by atoms with Gasteiger partial charge in [-0.15, -0.1) is 12.4 Å². The van der Waals surface area contributed by atoms with Crippen molar-refractivity contribution in [3.8, 4) is 0 Å². The predicted molar refractivity (Wildman–Crippen MR) is 60.2 cm³/mol. The number of aliphatic carboxylic acids is 1. The summed E-state index contributed by atoms with van der Waals surface area (Å²) in [6.45, 7) is 0. The van der Waals surface area contributed by atoms with E-state index in [1.807, 2.05) is 30.3 Å². The number of hydrogen-bond acceptors (Lipinski definition) is 2. The maximum Gasteiger partial charge on any atom is 0.320 e. The minimum atomic E-state index is -0.747. The highest BCUT2D eigenvalue weighted by atomic mass is 35.5. The first-order valence-electron chi connectivity index (χ1n) is 4.81. The Labute approximate surface area is 94.9 Å². The lowest BCUT2D eigenvalue weighted by Crippen LogP contribution is -2.31. The Morgan fingerprint density at radius 1 is 1.27 bits per heavy atom. The molecule has 15 heavy (non-hydrogen) atoms. The summed E-state index contributed by atoms with van der Waals surface area (Å²) in [5, 5.41) is 11.9. The molecule has 0 spiro atoms. The minimum absolute atomic E-state index is 0. The number of hydrogen-bond donors (Lipinski definition) is 2. The van der Waals surface area contributed by atoms with E-state index in [1.54, 1.807) is 0 Å². The van der Waals surface area contributed by atoms with Gasteiger partial charge in [-0.1, -0.05) is 30.3 Å². The van der Waals surface area contributed by atoms with Crippen molar-refractivity contribution in [2.75, 3.05) is 0 Å². The van der Waals surface area contributed by atoms with Gasteiger partial charge >= 0.3 is 5.97 Å². The molecule has 1 aromatic rings. The van der Waals surface area contributed by atoms with Gasteiger partial charge in [-0.05, 0) is 18.4 Å². The van der Waals surface area contributed by atoms with Crippen LogP contribution in [0.1, 0.15) is 24.4 Å². The second kappa shape index (κ2) is 5.14. The normalized spacial score (nSPS) is 24.5. The van der Waals surface area contributed by atoms with Crippen molar-refractivity contribution >= 4 is 18.4 Å². The molecule has 2 rings (SSSR count). The molecule has 1 aliphatic heterocycles. The fourth-order valence-electron chi connectivity index (χ4n) is 1.89. The molecule has 0 saturated carbocycles. The number of benzene rings is 1. The third-order valence-electron chi connectivity index (χ3n) is 2.65. The Morgan fingerprint density at radius 3 is 2.47 bits per heavy atom. The molecule has 4 heteroatoms. The second-order valence-electron chi connectivity index (χ2n) is 3.60. The summed E-state index contributed by atoms with van der Waals surface area (Å²) < 4.78 is 0. The van der Waals surface area contributed by atoms with Gasteiger partial charge in [0.25, 0.3) is 0 Å². The zero-order valence-corrected chi connectivity index (χ0v) is 9.04. The van der Waals surface area contributed by atoms with Crippen LogP contribution in [-0.2, 0) is 4.79 Å². The van der Waals surface area contributed by atoms with Gasteiger partial charge in [-0.2, -0.15) is 0 Å². The molecule has 1 aromatic carbocycles. The van der Waals surface area contributed by atoms with Crippen LogP contribution in [0, 0.1) is 0 Å². The Kier molecular flexibility index (Phi) is 4.12. The fourth-order valence-corrected chi connectivity index (χ4v) is 1.89. The van der Waals surface area contributed by atoms with Crippen molar-refractivity contribution < 1.29 is 9.90 Å². The average molecular weight is 228 g/mol. The SMILES string of the molecule is Cl.O=C(O)[C@@H]1CC[C@H](c2ccccc2)N1. The smallest absolute Gasteiger partial charge is 0.320 e. The van der Waals surface area contributed by atoms with E-state index in [2.05, 4.69) is 5.32 Å². The van der Waals surface area contributed by atoms with Gasteiger partial charge < -0.3 is 5.11 Å². The molecule has 1 saturated heterocycles. The standard InChI is InChI=1S/C11H13NO2.ClH/c13-11(14)10-7-6-9(12-10)8-4-2-1-3-5-8;/h1-5,9-10,12H,6-7H2,(H,13,14);1H/t9-,10+;/m1./s1. The van der Waals surface area contributed by atoms with E-state index >= 15 is 0 Å². The zero-order valence-electron chi connectivity index (χ0n) is 8.22. The summed E-state index contributed by atoms with van der Waals surface area (Å²) in [6.07, 6.45) is 1.62. The average Bonchev–Trinajstić information content (AvgIpc) is 2.68. The highest BCUT2D eigenvalue weighted by Gasteiger charge is 2.29. The van der Waals surface area contributed by atoms with Crippen LogP contribution in [0.4, 0.5) is 0 Å². The third-order valence-corrected chi connectivity index (χ3v) is 2.65. The molecule has 0 radical (unpaired) electrons. The van der Waals surface area contributed by atoms with Crippen LogP contribution in [0.25, 0.3) is 0 Å². The number of carboxylic acids is 1. The van der Waals surface area contributed by atoms with Crippen LogP contribution in [-0.4, -0.2) is 17.1 Å². The van der Waals surface area contributed by atoms with E-state index in [9.17, 15) is 4.79 Å². The highest BCUT2D eigenvalue weighted by molar-refractivity contribution is 5.85. The maximum atomic E-state index is 10.7. The molecule has 2 N–H and O–H groups in total. The van der Waals surface area contributed by atoms with Crippen LogP contribution in [0.15, 0.2) is 30.3 Å². The van der Waals surface area contributed by atoms with E-state index in [1.165, 1.54) is 5.56 Å². The maximum absolute atomic E-state index is 10.7.